The van der Waals surface area contributed by atoms with Crippen molar-refractivity contribution in [1.29, 1.82) is 0 Å². The first-order valence-electron chi connectivity index (χ1n) is 4.35. The lowest BCUT2D eigenvalue weighted by atomic mass is 9.78. The predicted octanol–water partition coefficient (Wildman–Crippen LogP) is 2.30. The van der Waals surface area contributed by atoms with Crippen molar-refractivity contribution in [2.75, 3.05) is 7.11 Å². The number of rotatable bonds is 1. The van der Waals surface area contributed by atoms with Crippen LogP contribution in [-0.4, -0.2) is 13.1 Å². The fraction of sp³-hybridized carbons (Fsp3) is 0.700. The summed E-state index contributed by atoms with van der Waals surface area (Å²) >= 11 is 0. The number of esters is 1. The third kappa shape index (κ3) is 1.68. The molecule has 2 nitrogen and oxygen atoms in total. The van der Waals surface area contributed by atoms with Gasteiger partial charge in [0.05, 0.1) is 12.5 Å². The standard InChI is InChI=1S/C10H16O2/c1-8-5-4-6-10(2,7-8)9(11)12-3/h7H,4-6H2,1-3H3/t10-/m0/s1. The summed E-state index contributed by atoms with van der Waals surface area (Å²) in [6.07, 6.45) is 5.17. The highest BCUT2D eigenvalue weighted by Crippen LogP contribution is 2.34. The smallest absolute Gasteiger partial charge is 0.315 e. The van der Waals surface area contributed by atoms with Crippen molar-refractivity contribution in [3.8, 4) is 0 Å². The van der Waals surface area contributed by atoms with Crippen molar-refractivity contribution in [1.82, 2.24) is 0 Å². The van der Waals surface area contributed by atoms with Crippen molar-refractivity contribution in [3.63, 3.8) is 0 Å². The summed E-state index contributed by atoms with van der Waals surface area (Å²) in [6.45, 7) is 4.02. The second-order valence-electron chi connectivity index (χ2n) is 3.75. The fourth-order valence-electron chi connectivity index (χ4n) is 1.82. The molecular formula is C10H16O2. The molecule has 0 radical (unpaired) electrons. The summed E-state index contributed by atoms with van der Waals surface area (Å²) in [5, 5.41) is 0. The maximum Gasteiger partial charge on any atom is 0.315 e. The summed E-state index contributed by atoms with van der Waals surface area (Å²) in [4.78, 5) is 11.4. The van der Waals surface area contributed by atoms with E-state index >= 15 is 0 Å². The Hall–Kier alpha value is -0.790. The average Bonchev–Trinajstić information content (AvgIpc) is 2.02. The SMILES string of the molecule is COC(=O)[C@]1(C)C=C(C)CCC1. The van der Waals surface area contributed by atoms with Crippen molar-refractivity contribution in [2.45, 2.75) is 33.1 Å². The van der Waals surface area contributed by atoms with E-state index in [1.807, 2.05) is 13.0 Å². The van der Waals surface area contributed by atoms with E-state index in [1.54, 1.807) is 0 Å². The van der Waals surface area contributed by atoms with Crippen molar-refractivity contribution >= 4 is 5.97 Å². The molecule has 1 aliphatic carbocycles. The van der Waals surface area contributed by atoms with Crippen LogP contribution in [0.2, 0.25) is 0 Å². The fourth-order valence-corrected chi connectivity index (χ4v) is 1.82. The molecule has 0 N–H and O–H groups in total. The molecule has 0 amide bonds. The zero-order valence-corrected chi connectivity index (χ0v) is 8.02. The molecule has 1 aliphatic rings. The van der Waals surface area contributed by atoms with Gasteiger partial charge >= 0.3 is 5.97 Å². The quantitative estimate of drug-likeness (QED) is 0.443. The van der Waals surface area contributed by atoms with E-state index in [-0.39, 0.29) is 11.4 Å². The molecule has 0 heterocycles. The first kappa shape index (κ1) is 9.30. The zero-order valence-electron chi connectivity index (χ0n) is 8.02. The maximum atomic E-state index is 11.4. The minimum Gasteiger partial charge on any atom is -0.468 e. The van der Waals surface area contributed by atoms with Crippen LogP contribution in [-0.2, 0) is 9.53 Å². The molecule has 0 aliphatic heterocycles. The molecule has 1 rings (SSSR count). The van der Waals surface area contributed by atoms with Crippen LogP contribution in [0.3, 0.4) is 0 Å². The van der Waals surface area contributed by atoms with Gasteiger partial charge < -0.3 is 4.74 Å². The molecule has 0 saturated carbocycles. The molecule has 0 aromatic heterocycles. The molecule has 0 bridgehead atoms. The van der Waals surface area contributed by atoms with Gasteiger partial charge in [-0.15, -0.1) is 0 Å². The van der Waals surface area contributed by atoms with Gasteiger partial charge in [0.2, 0.25) is 0 Å². The first-order chi connectivity index (χ1) is 5.58. The topological polar surface area (TPSA) is 26.3 Å². The van der Waals surface area contributed by atoms with Gasteiger partial charge in [0, 0.05) is 0 Å². The van der Waals surface area contributed by atoms with Crippen molar-refractivity contribution in [2.24, 2.45) is 5.41 Å². The summed E-state index contributed by atoms with van der Waals surface area (Å²) in [7, 11) is 1.45. The zero-order chi connectivity index (χ0) is 9.19. The minimum atomic E-state index is -0.364. The van der Waals surface area contributed by atoms with Crippen molar-refractivity contribution < 1.29 is 9.53 Å². The Kier molecular flexibility index (Phi) is 2.55. The summed E-state index contributed by atoms with van der Waals surface area (Å²) < 4.78 is 4.76. The molecule has 0 aromatic carbocycles. The number of allylic oxidation sites excluding steroid dienone is 1. The highest BCUT2D eigenvalue weighted by atomic mass is 16.5. The second kappa shape index (κ2) is 3.30. The number of carbonyl (C=O) groups excluding carboxylic acids is 1. The number of hydrogen-bond donors (Lipinski definition) is 0. The van der Waals surface area contributed by atoms with Gasteiger partial charge in [-0.1, -0.05) is 11.6 Å². The van der Waals surface area contributed by atoms with E-state index in [1.165, 1.54) is 12.7 Å². The number of ether oxygens (including phenoxy) is 1. The Morgan fingerprint density at radius 1 is 1.67 bits per heavy atom. The normalized spacial score (nSPS) is 29.4. The summed E-state index contributed by atoms with van der Waals surface area (Å²) in [5.74, 6) is -0.110. The van der Waals surface area contributed by atoms with Gasteiger partial charge in [0.1, 0.15) is 0 Å². The average molecular weight is 168 g/mol. The lowest BCUT2D eigenvalue weighted by molar-refractivity contribution is -0.149. The van der Waals surface area contributed by atoms with Crippen LogP contribution >= 0.6 is 0 Å². The lowest BCUT2D eigenvalue weighted by Gasteiger charge is -2.27. The number of carbonyl (C=O) groups is 1. The van der Waals surface area contributed by atoms with Gasteiger partial charge in [-0.2, -0.15) is 0 Å². The van der Waals surface area contributed by atoms with E-state index in [0.29, 0.717) is 0 Å². The Labute approximate surface area is 73.6 Å². The van der Waals surface area contributed by atoms with Crippen LogP contribution in [0.15, 0.2) is 11.6 Å². The van der Waals surface area contributed by atoms with E-state index in [0.717, 1.165) is 19.3 Å². The summed E-state index contributed by atoms with van der Waals surface area (Å²) in [6, 6.07) is 0. The third-order valence-electron chi connectivity index (χ3n) is 2.48. The Balaban J connectivity index is 2.83. The van der Waals surface area contributed by atoms with Crippen LogP contribution in [0.25, 0.3) is 0 Å². The van der Waals surface area contributed by atoms with Crippen molar-refractivity contribution in [3.05, 3.63) is 11.6 Å². The third-order valence-corrected chi connectivity index (χ3v) is 2.48. The Morgan fingerprint density at radius 2 is 2.33 bits per heavy atom. The van der Waals surface area contributed by atoms with Gasteiger partial charge in [-0.05, 0) is 33.1 Å². The highest BCUT2D eigenvalue weighted by molar-refractivity contribution is 5.78. The molecule has 12 heavy (non-hydrogen) atoms. The van der Waals surface area contributed by atoms with Gasteiger partial charge in [0.15, 0.2) is 0 Å². The molecule has 0 unspecified atom stereocenters. The monoisotopic (exact) mass is 168 g/mol. The highest BCUT2D eigenvalue weighted by Gasteiger charge is 2.33. The largest absolute Gasteiger partial charge is 0.468 e. The van der Waals surface area contributed by atoms with E-state index in [4.69, 9.17) is 4.74 Å². The van der Waals surface area contributed by atoms with E-state index < -0.39 is 0 Å². The molecule has 0 aromatic rings. The van der Waals surface area contributed by atoms with Crippen LogP contribution in [0, 0.1) is 5.41 Å². The predicted molar refractivity (Wildman–Crippen MR) is 47.7 cm³/mol. The molecule has 68 valence electrons. The molecule has 0 saturated heterocycles. The van der Waals surface area contributed by atoms with Gasteiger partial charge in [0.25, 0.3) is 0 Å². The van der Waals surface area contributed by atoms with Crippen LogP contribution < -0.4 is 0 Å². The van der Waals surface area contributed by atoms with Gasteiger partial charge in [-0.25, -0.2) is 0 Å². The van der Waals surface area contributed by atoms with Crippen LogP contribution in [0.1, 0.15) is 33.1 Å². The summed E-state index contributed by atoms with van der Waals surface area (Å²) in [5.41, 5.74) is 0.936. The second-order valence-corrected chi connectivity index (χ2v) is 3.75. The molecule has 1 atom stereocenters. The van der Waals surface area contributed by atoms with E-state index in [2.05, 4.69) is 6.92 Å². The Morgan fingerprint density at radius 3 is 2.83 bits per heavy atom. The molecule has 0 fully saturated rings. The minimum absolute atomic E-state index is 0.110. The van der Waals surface area contributed by atoms with Crippen LogP contribution in [0.5, 0.6) is 0 Å². The van der Waals surface area contributed by atoms with Crippen LogP contribution in [0.4, 0.5) is 0 Å². The number of hydrogen-bond acceptors (Lipinski definition) is 2. The van der Waals surface area contributed by atoms with Gasteiger partial charge in [-0.3, -0.25) is 4.79 Å². The maximum absolute atomic E-state index is 11.4. The Bertz CT molecular complexity index is 218. The lowest BCUT2D eigenvalue weighted by Crippen LogP contribution is -2.29. The molecule has 0 spiro atoms. The van der Waals surface area contributed by atoms with E-state index in [9.17, 15) is 4.79 Å². The number of methoxy groups -OCH3 is 1. The molecule has 2 heteroatoms. The molecular weight excluding hydrogens is 152 g/mol. The first-order valence-corrected chi connectivity index (χ1v) is 4.35.